The number of anilines is 2. The molecule has 0 saturated carbocycles. The van der Waals surface area contributed by atoms with E-state index in [2.05, 4.69) is 64.6 Å². The molecule has 0 amide bonds. The Hall–Kier alpha value is -10.6. The molecule has 13 aromatic rings. The molecule has 26 nitrogen and oxygen atoms in total. The van der Waals surface area contributed by atoms with Crippen LogP contribution in [0.4, 0.5) is 11.6 Å². The van der Waals surface area contributed by atoms with E-state index >= 15 is 0 Å². The molecule has 126 heavy (non-hydrogen) atoms. The van der Waals surface area contributed by atoms with Gasteiger partial charge in [0.15, 0.2) is 5.16 Å². The first kappa shape index (κ1) is 101. The number of methoxy groups -OCH3 is 7. The molecule has 0 spiro atoms. The molecule has 33 heteroatoms. The Labute approximate surface area is 770 Å². The van der Waals surface area contributed by atoms with Crippen LogP contribution in [0.5, 0.6) is 69.0 Å². The number of aliphatic hydroxyl groups is 1. The van der Waals surface area contributed by atoms with Gasteiger partial charge in [-0.15, -0.1) is 10.2 Å². The van der Waals surface area contributed by atoms with Crippen molar-refractivity contribution in [2.75, 3.05) is 73.6 Å². The van der Waals surface area contributed by atoms with Crippen molar-refractivity contribution in [1.29, 1.82) is 5.26 Å². The summed E-state index contributed by atoms with van der Waals surface area (Å²) in [6.45, 7) is 32.9. The number of allylic oxidation sites excluding steroid dienone is 1. The number of nitriles is 1. The van der Waals surface area contributed by atoms with E-state index in [1.54, 1.807) is 73.3 Å². The number of ether oxygens (including phenoxy) is 13. The summed E-state index contributed by atoms with van der Waals surface area (Å²) in [5, 5.41) is 42.0. The van der Waals surface area contributed by atoms with E-state index in [0.29, 0.717) is 134 Å². The molecule has 6 aromatic carbocycles. The lowest BCUT2D eigenvalue weighted by Gasteiger charge is -2.17. The number of rotatable bonds is 28. The van der Waals surface area contributed by atoms with Crippen LogP contribution in [0.1, 0.15) is 128 Å². The Bertz CT molecular complexity index is 5980. The molecule has 13 rings (SSSR count). The number of aryl methyl sites for hydroxylation is 1. The Morgan fingerprint density at radius 1 is 0.429 bits per heavy atom. The Kier molecular flexibility index (Phi) is 38.2. The molecule has 3 N–H and O–H groups in total. The quantitative estimate of drug-likeness (QED) is 0.0384. The van der Waals surface area contributed by atoms with E-state index in [1.807, 2.05) is 206 Å². The number of nitrogens with one attached hydrogen (secondary N) is 2. The van der Waals surface area contributed by atoms with Crippen LogP contribution in [0.2, 0.25) is 30.1 Å². The van der Waals surface area contributed by atoms with Crippen molar-refractivity contribution in [3.05, 3.63) is 168 Å². The smallest absolute Gasteiger partial charge is 0.197 e. The average Bonchev–Trinajstić information content (AvgIpc) is 1.67. The second kappa shape index (κ2) is 47.8. The molecule has 0 aliphatic rings. The van der Waals surface area contributed by atoms with Gasteiger partial charge in [-0.25, -0.2) is 29.9 Å². The zero-order valence-corrected chi connectivity index (χ0v) is 80.5. The van der Waals surface area contributed by atoms with Gasteiger partial charge in [-0.3, -0.25) is 0 Å². The minimum atomic E-state index is -0.169. The van der Waals surface area contributed by atoms with Crippen LogP contribution in [0.25, 0.3) is 71.5 Å². The molecule has 7 aromatic heterocycles. The minimum absolute atomic E-state index is 0.00183. The summed E-state index contributed by atoms with van der Waals surface area (Å²) in [5.74, 6) is 9.16. The van der Waals surface area contributed by atoms with Gasteiger partial charge in [-0.05, 0) is 201 Å². The van der Waals surface area contributed by atoms with Crippen LogP contribution in [0.3, 0.4) is 0 Å². The summed E-state index contributed by atoms with van der Waals surface area (Å²) < 4.78 is 73.4. The molecule has 0 saturated heterocycles. The van der Waals surface area contributed by atoms with Gasteiger partial charge >= 0.3 is 0 Å². The van der Waals surface area contributed by atoms with E-state index in [0.717, 1.165) is 82.6 Å². The number of aliphatic hydroxyl groups excluding tert-OH is 1. The minimum Gasteiger partial charge on any atom is -0.495 e. The van der Waals surface area contributed by atoms with Gasteiger partial charge in [0.25, 0.3) is 0 Å². The summed E-state index contributed by atoms with van der Waals surface area (Å²) in [6.07, 6.45) is 3.91. The summed E-state index contributed by atoms with van der Waals surface area (Å²) in [4.78, 5) is 27.0. The second-order valence-electron chi connectivity index (χ2n) is 30.0. The number of hydrogen-bond acceptors (Lipinski definition) is 26. The lowest BCUT2D eigenvalue weighted by atomic mass is 10.1. The number of halogens is 6. The molecule has 0 unspecified atom stereocenters. The van der Waals surface area contributed by atoms with E-state index in [9.17, 15) is 5.11 Å². The molecule has 0 radical (unpaired) electrons. The average molecular weight is 1860 g/mol. The zero-order chi connectivity index (χ0) is 92.5. The number of aromatic nitrogens is 9. The normalized spacial score (nSPS) is 11.0. The summed E-state index contributed by atoms with van der Waals surface area (Å²) in [6, 6.07) is 35.4. The summed E-state index contributed by atoms with van der Waals surface area (Å²) >= 11 is 39.5. The van der Waals surface area contributed by atoms with Crippen molar-refractivity contribution in [2.24, 2.45) is 7.05 Å². The Balaban J connectivity index is 0.000000188. The number of hydrogen-bond donors (Lipinski definition) is 3. The number of pyridine rings is 6. The van der Waals surface area contributed by atoms with Gasteiger partial charge in [-0.1, -0.05) is 75.2 Å². The molecule has 0 bridgehead atoms. The second-order valence-corrected chi connectivity index (χ2v) is 33.3. The Morgan fingerprint density at radius 2 is 0.762 bits per heavy atom. The van der Waals surface area contributed by atoms with Crippen LogP contribution in [-0.4, -0.2) is 155 Å². The standard InChI is InChI=1S/C17H20ClNO2.C16H17ClN4O2S.C16H21ClN2O3.C16H21ClN2O2.C14H13ClN2O2.C14H16ClNO3/c1-10(2)8-12-9-15(21-11(3)4)13-6-7-14(20-5)16(18)17(13)19-12;1-9(2)23-12-7-13(24-16-20-18-8-21(16)3)19-15-10(12)5-6-11(22-4)14(15)17;1-10(2)22-13-9-14(18-7-8-20-3)19-16-11(13)5-6-12(21-4)15(16)17;1-9(2)18-14-8-13(21-10(3)4)11-6-7-12(20-5)15(17)16(11)19-14;1-8(2)19-12-6-9(7-16)17-14-10(12)4-5-11(18-3)13(14)15;1-8(2)19-12-6-9(7-17)16-14-10(12)4-5-11(18-3)13(14)15/h6-9,11H,1-5H3;5-9H,1-4H3;5-6,9-10H,7-8H2,1-4H3,(H,18,19);6-10H,1-5H3,(H,18,19);4-6,8H,1-3H3;4-6,8,17H,7H2,1-3H3. The predicted octanol–water partition coefficient (Wildman–Crippen LogP) is 24.0. The number of nitrogens with zero attached hydrogens (tertiary/aromatic N) is 10. The lowest BCUT2D eigenvalue weighted by molar-refractivity contribution is 0.210. The van der Waals surface area contributed by atoms with Crippen LogP contribution < -0.4 is 67.5 Å². The van der Waals surface area contributed by atoms with Gasteiger partial charge in [-0.2, -0.15) is 5.26 Å². The van der Waals surface area contributed by atoms with Gasteiger partial charge < -0.3 is 81.9 Å². The van der Waals surface area contributed by atoms with Gasteiger partial charge in [0.1, 0.15) is 134 Å². The maximum absolute atomic E-state index is 9.28. The largest absolute Gasteiger partial charge is 0.495 e. The summed E-state index contributed by atoms with van der Waals surface area (Å²) in [7, 11) is 13.0. The molecular weight excluding hydrogens is 1750 g/mol. The summed E-state index contributed by atoms with van der Waals surface area (Å²) in [5.41, 5.74) is 6.51. The van der Waals surface area contributed by atoms with E-state index in [1.165, 1.54) is 18.9 Å². The maximum atomic E-state index is 9.28. The van der Waals surface area contributed by atoms with E-state index in [-0.39, 0.29) is 55.0 Å². The third-order valence-corrected chi connectivity index (χ3v) is 20.4. The highest BCUT2D eigenvalue weighted by molar-refractivity contribution is 7.99. The van der Waals surface area contributed by atoms with Crippen molar-refractivity contribution >= 4 is 164 Å². The third kappa shape index (κ3) is 27.0. The first-order chi connectivity index (χ1) is 60.0. The fraction of sp³-hybridized carbons (Fsp3) is 0.366. The first-order valence-corrected chi connectivity index (χ1v) is 43.3. The molecule has 0 aliphatic carbocycles. The molecule has 0 aliphatic heterocycles. The third-order valence-electron chi connectivity index (χ3n) is 17.3. The van der Waals surface area contributed by atoms with E-state index in [4.69, 9.17) is 136 Å². The number of fused-ring (bicyclic) bond motifs is 6. The SMILES string of the molecule is COCCNc1cc(OC(C)C)c2ccc(OC)c(Cl)c2n1.COc1ccc2c(OC(C)C)cc(C#N)nc2c1Cl.COc1ccc2c(OC(C)C)cc(C=C(C)C)nc2c1Cl.COc1ccc2c(OC(C)C)cc(CO)nc2c1Cl.COc1ccc2c(OC(C)C)cc(NC(C)C)nc2c1Cl.COc1ccc2c(OC(C)C)cc(Sc3nncn3C)nc2c1Cl. The van der Waals surface area contributed by atoms with Crippen molar-refractivity contribution < 1.29 is 66.7 Å². The molecular formula is C93H108Cl6N12O14S. The fourth-order valence-electron chi connectivity index (χ4n) is 12.1. The van der Waals surface area contributed by atoms with Crippen LogP contribution in [0.15, 0.2) is 131 Å². The van der Waals surface area contributed by atoms with E-state index < -0.39 is 0 Å². The molecule has 0 fully saturated rings. The van der Waals surface area contributed by atoms with Crippen LogP contribution >= 0.6 is 81.4 Å². The maximum Gasteiger partial charge on any atom is 0.197 e. The van der Waals surface area contributed by atoms with Gasteiger partial charge in [0.2, 0.25) is 0 Å². The highest BCUT2D eigenvalue weighted by Gasteiger charge is 2.23. The molecule has 7 heterocycles. The van der Waals surface area contributed by atoms with Crippen molar-refractivity contribution in [1.82, 2.24) is 44.7 Å². The van der Waals surface area contributed by atoms with Gasteiger partial charge in [0.05, 0.1) is 137 Å². The topological polar surface area (TPSA) is 296 Å². The Morgan fingerprint density at radius 3 is 1.10 bits per heavy atom. The molecule has 672 valence electrons. The van der Waals surface area contributed by atoms with Crippen molar-refractivity contribution in [3.63, 3.8) is 0 Å². The van der Waals surface area contributed by atoms with Crippen LogP contribution in [0, 0.1) is 11.3 Å². The fourth-order valence-corrected chi connectivity index (χ4v) is 14.6. The number of benzene rings is 6. The zero-order valence-electron chi connectivity index (χ0n) is 75.1. The van der Waals surface area contributed by atoms with Crippen LogP contribution in [-0.2, 0) is 18.4 Å². The van der Waals surface area contributed by atoms with Gasteiger partial charge in [0, 0.05) is 95.5 Å². The first-order valence-electron chi connectivity index (χ1n) is 40.2. The monoisotopic (exact) mass is 1860 g/mol. The van der Waals surface area contributed by atoms with Crippen molar-refractivity contribution in [3.8, 4) is 75.1 Å². The van der Waals surface area contributed by atoms with Crippen molar-refractivity contribution in [2.45, 2.75) is 170 Å². The predicted molar refractivity (Wildman–Crippen MR) is 509 cm³/mol. The lowest BCUT2D eigenvalue weighted by Crippen LogP contribution is -2.12. The molecule has 0 atom stereocenters. The highest BCUT2D eigenvalue weighted by Crippen LogP contribution is 2.45. The highest BCUT2D eigenvalue weighted by atomic mass is 35.5.